The molecule has 1 aromatic carbocycles. The molecule has 0 spiro atoms. The number of hydrogen-bond donors (Lipinski definition) is 1. The first-order chi connectivity index (χ1) is 16.4. The first-order valence-electron chi connectivity index (χ1n) is 13.1. The van der Waals surface area contributed by atoms with Crippen molar-refractivity contribution >= 4 is 16.7 Å². The van der Waals surface area contributed by atoms with Gasteiger partial charge in [-0.3, -0.25) is 0 Å². The van der Waals surface area contributed by atoms with Gasteiger partial charge >= 0.3 is 0 Å². The molecule has 1 saturated heterocycles. The number of pyridine rings is 1. The number of nitrogens with zero attached hydrogens (tertiary/aromatic N) is 2. The number of aromatic nitrogens is 2. The van der Waals surface area contributed by atoms with E-state index in [0.29, 0.717) is 5.92 Å². The molecule has 1 aliphatic carbocycles. The van der Waals surface area contributed by atoms with Crippen molar-refractivity contribution in [2.24, 2.45) is 11.8 Å². The van der Waals surface area contributed by atoms with Crippen molar-refractivity contribution in [2.45, 2.75) is 71.1 Å². The van der Waals surface area contributed by atoms with Crippen LogP contribution in [0.25, 0.3) is 16.7 Å². The van der Waals surface area contributed by atoms with E-state index in [2.05, 4.69) is 72.5 Å². The zero-order chi connectivity index (χ0) is 23.8. The van der Waals surface area contributed by atoms with Gasteiger partial charge in [-0.25, -0.2) is 9.37 Å². The number of benzene rings is 1. The highest BCUT2D eigenvalue weighted by Gasteiger charge is 2.35. The van der Waals surface area contributed by atoms with Gasteiger partial charge in [0, 0.05) is 35.4 Å². The molecular formula is C30H38FN3. The van der Waals surface area contributed by atoms with Gasteiger partial charge in [-0.05, 0) is 74.3 Å². The average Bonchev–Trinajstić information content (AvgIpc) is 3.36. The summed E-state index contributed by atoms with van der Waals surface area (Å²) in [4.78, 5) is 10.4. The molecule has 3 nitrogen and oxygen atoms in total. The number of hydrogen-bond acceptors (Lipinski definition) is 2. The fourth-order valence-electron chi connectivity index (χ4n) is 5.93. The molecule has 4 heteroatoms. The molecule has 3 heterocycles. The van der Waals surface area contributed by atoms with Crippen molar-refractivity contribution in [1.29, 1.82) is 0 Å². The fraction of sp³-hybridized carbons (Fsp3) is 0.500. The van der Waals surface area contributed by atoms with E-state index in [1.165, 1.54) is 48.7 Å². The van der Waals surface area contributed by atoms with Crippen molar-refractivity contribution in [1.82, 2.24) is 14.9 Å². The maximum absolute atomic E-state index is 15.2. The Labute approximate surface area is 203 Å². The van der Waals surface area contributed by atoms with Crippen LogP contribution in [0.4, 0.5) is 4.39 Å². The summed E-state index contributed by atoms with van der Waals surface area (Å²) in [5.74, 6) is 2.28. The monoisotopic (exact) mass is 459 g/mol. The first-order valence-corrected chi connectivity index (χ1v) is 13.1. The zero-order valence-electron chi connectivity index (χ0n) is 20.9. The molecular weight excluding hydrogens is 421 g/mol. The van der Waals surface area contributed by atoms with Crippen LogP contribution in [-0.4, -0.2) is 28.0 Å². The number of halogens is 1. The van der Waals surface area contributed by atoms with E-state index in [9.17, 15) is 0 Å². The van der Waals surface area contributed by atoms with E-state index in [1.807, 2.05) is 0 Å². The van der Waals surface area contributed by atoms with Gasteiger partial charge in [0.1, 0.15) is 11.5 Å². The van der Waals surface area contributed by atoms with Crippen LogP contribution in [0.15, 0.2) is 43.1 Å². The normalized spacial score (nSPS) is 21.7. The van der Waals surface area contributed by atoms with Crippen LogP contribution in [0.3, 0.4) is 0 Å². The summed E-state index contributed by atoms with van der Waals surface area (Å²) in [5, 5.41) is 0.996. The Morgan fingerprint density at radius 3 is 2.59 bits per heavy atom. The smallest absolute Gasteiger partial charge is 0.145 e. The van der Waals surface area contributed by atoms with Crippen molar-refractivity contribution in [3.05, 3.63) is 71.3 Å². The summed E-state index contributed by atoms with van der Waals surface area (Å²) in [6, 6.07) is 10.8. The molecule has 0 amide bonds. The lowest BCUT2D eigenvalue weighted by Gasteiger charge is -2.35. The number of nitrogens with one attached hydrogen (secondary N) is 1. The second-order valence-electron chi connectivity index (χ2n) is 10.8. The van der Waals surface area contributed by atoms with Crippen LogP contribution in [0.2, 0.25) is 0 Å². The van der Waals surface area contributed by atoms with Gasteiger partial charge < -0.3 is 9.88 Å². The van der Waals surface area contributed by atoms with E-state index in [0.717, 1.165) is 60.1 Å². The van der Waals surface area contributed by atoms with E-state index in [-0.39, 0.29) is 11.7 Å². The molecule has 3 aromatic rings. The molecule has 2 fully saturated rings. The quantitative estimate of drug-likeness (QED) is 0.373. The van der Waals surface area contributed by atoms with Gasteiger partial charge in [-0.2, -0.15) is 0 Å². The molecule has 3 unspecified atom stereocenters. The predicted octanol–water partition coefficient (Wildman–Crippen LogP) is 7.79. The topological polar surface area (TPSA) is 31.9 Å². The van der Waals surface area contributed by atoms with Crippen molar-refractivity contribution in [3.8, 4) is 0 Å². The molecule has 0 bridgehead atoms. The van der Waals surface area contributed by atoms with Crippen LogP contribution < -0.4 is 0 Å². The third-order valence-electron chi connectivity index (χ3n) is 8.28. The van der Waals surface area contributed by atoms with E-state index < -0.39 is 0 Å². The van der Waals surface area contributed by atoms with Crippen molar-refractivity contribution < 1.29 is 4.39 Å². The summed E-state index contributed by atoms with van der Waals surface area (Å²) in [5.41, 5.74) is 6.46. The second kappa shape index (κ2) is 9.56. The summed E-state index contributed by atoms with van der Waals surface area (Å²) < 4.78 is 15.2. The maximum atomic E-state index is 15.2. The molecule has 1 saturated carbocycles. The Morgan fingerprint density at radius 1 is 1.24 bits per heavy atom. The molecule has 0 radical (unpaired) electrons. The molecule has 2 aliphatic rings. The Morgan fingerprint density at radius 2 is 1.94 bits per heavy atom. The third kappa shape index (κ3) is 4.64. The number of rotatable bonds is 8. The molecule has 5 rings (SSSR count). The van der Waals surface area contributed by atoms with Crippen molar-refractivity contribution in [3.63, 3.8) is 0 Å². The number of aryl methyl sites for hydroxylation is 1. The lowest BCUT2D eigenvalue weighted by Crippen LogP contribution is -2.31. The third-order valence-corrected chi connectivity index (χ3v) is 8.28. The number of H-pyrrole nitrogens is 1. The summed E-state index contributed by atoms with van der Waals surface area (Å²) in [6.45, 7) is 12.9. The first kappa shape index (κ1) is 23.1. The van der Waals surface area contributed by atoms with Crippen LogP contribution in [0, 0.1) is 24.6 Å². The molecule has 2 aromatic heterocycles. The maximum Gasteiger partial charge on any atom is 0.145 e. The van der Waals surface area contributed by atoms with Gasteiger partial charge in [0.15, 0.2) is 0 Å². The van der Waals surface area contributed by atoms with E-state index in [4.69, 9.17) is 0 Å². The van der Waals surface area contributed by atoms with Crippen LogP contribution >= 0.6 is 0 Å². The number of piperidine rings is 1. The highest BCUT2D eigenvalue weighted by atomic mass is 19.1. The van der Waals surface area contributed by atoms with Gasteiger partial charge in [0.05, 0.1) is 6.20 Å². The summed E-state index contributed by atoms with van der Waals surface area (Å²) in [6.07, 6.45) is 8.21. The van der Waals surface area contributed by atoms with E-state index >= 15 is 4.39 Å². The Balaban J connectivity index is 1.34. The highest BCUT2D eigenvalue weighted by Crippen LogP contribution is 2.46. The largest absolute Gasteiger partial charge is 0.371 e. The van der Waals surface area contributed by atoms with Crippen LogP contribution in [-0.2, 0) is 0 Å². The Bertz CT molecular complexity index is 1150. The van der Waals surface area contributed by atoms with E-state index in [1.54, 1.807) is 0 Å². The molecule has 34 heavy (non-hydrogen) atoms. The fourth-order valence-corrected chi connectivity index (χ4v) is 5.93. The van der Waals surface area contributed by atoms with Gasteiger partial charge in [-0.1, -0.05) is 56.7 Å². The number of aromatic amines is 1. The molecule has 3 atom stereocenters. The summed E-state index contributed by atoms with van der Waals surface area (Å²) in [7, 11) is 0. The zero-order valence-corrected chi connectivity index (χ0v) is 20.9. The number of fused-ring (bicyclic) bond motifs is 1. The Hall–Kier alpha value is -2.62. The highest BCUT2D eigenvalue weighted by molar-refractivity contribution is 5.81. The average molecular weight is 460 g/mol. The second-order valence-corrected chi connectivity index (χ2v) is 10.8. The lowest BCUT2D eigenvalue weighted by molar-refractivity contribution is 0.297. The standard InChI is InChI=1S/C30H38FN3/c1-5-6-24(16-25-15-20(25)3)28-17-26-29(27(31)18-32-30(26)33-28)23-11-13-34(14-12-23)21(4)22-9-7-19(2)8-10-22/h7-10,17-18,20,23-25H,4-6,11-16H2,1-3H3,(H,32,33). The Kier molecular flexibility index (Phi) is 6.50. The van der Waals surface area contributed by atoms with Gasteiger partial charge in [0.2, 0.25) is 0 Å². The van der Waals surface area contributed by atoms with Gasteiger partial charge in [-0.15, -0.1) is 0 Å². The minimum Gasteiger partial charge on any atom is -0.371 e. The predicted molar refractivity (Wildman–Crippen MR) is 139 cm³/mol. The SMILES string of the molecule is C=C(c1ccc(C)cc1)N1CCC(c2c(F)cnc3[nH]c(C(CCC)CC4CC4C)cc23)CC1. The van der Waals surface area contributed by atoms with Gasteiger partial charge in [0.25, 0.3) is 0 Å². The lowest BCUT2D eigenvalue weighted by atomic mass is 9.87. The van der Waals surface area contributed by atoms with Crippen LogP contribution in [0.5, 0.6) is 0 Å². The molecule has 180 valence electrons. The van der Waals surface area contributed by atoms with Crippen molar-refractivity contribution in [2.75, 3.05) is 13.1 Å². The number of likely N-dealkylation sites (tertiary alicyclic amines) is 1. The minimum atomic E-state index is -0.156. The van der Waals surface area contributed by atoms with Crippen LogP contribution in [0.1, 0.15) is 86.6 Å². The molecule has 1 aliphatic heterocycles. The minimum absolute atomic E-state index is 0.156. The summed E-state index contributed by atoms with van der Waals surface area (Å²) >= 11 is 0. The molecule has 1 N–H and O–H groups in total.